The van der Waals surface area contributed by atoms with Crippen molar-refractivity contribution in [3.63, 3.8) is 0 Å². The number of benzene rings is 1. The van der Waals surface area contributed by atoms with E-state index in [0.29, 0.717) is 0 Å². The van der Waals surface area contributed by atoms with Gasteiger partial charge in [0.2, 0.25) is 0 Å². The van der Waals surface area contributed by atoms with E-state index in [4.69, 9.17) is 0 Å². The number of unbranched alkanes of at least 4 members (excludes halogenated alkanes) is 3. The van der Waals surface area contributed by atoms with E-state index < -0.39 is 0 Å². The molecule has 0 N–H and O–H groups in total. The van der Waals surface area contributed by atoms with Crippen LogP contribution in [-0.4, -0.2) is 5.78 Å². The summed E-state index contributed by atoms with van der Waals surface area (Å²) in [4.78, 5) is 12.8. The normalized spacial score (nSPS) is 19.9. The Balaban J connectivity index is 2.35. The Morgan fingerprint density at radius 1 is 1.09 bits per heavy atom. The van der Waals surface area contributed by atoms with Crippen LogP contribution in [0.3, 0.4) is 0 Å². The van der Waals surface area contributed by atoms with Crippen LogP contribution in [0.5, 0.6) is 0 Å². The van der Waals surface area contributed by atoms with Crippen molar-refractivity contribution >= 4 is 11.9 Å². The van der Waals surface area contributed by atoms with Gasteiger partial charge in [-0.1, -0.05) is 74.6 Å². The van der Waals surface area contributed by atoms with Gasteiger partial charge in [-0.25, -0.2) is 0 Å². The Labute approximate surface area is 135 Å². The fourth-order valence-corrected chi connectivity index (χ4v) is 3.34. The molecule has 118 valence electrons. The predicted molar refractivity (Wildman–Crippen MR) is 95.0 cm³/mol. The summed E-state index contributed by atoms with van der Waals surface area (Å²) in [6.45, 7) is 6.45. The molecule has 1 nitrogen and oxygen atoms in total. The third-order valence-corrected chi connectivity index (χ3v) is 4.68. The van der Waals surface area contributed by atoms with Crippen molar-refractivity contribution in [1.29, 1.82) is 0 Å². The highest BCUT2D eigenvalue weighted by Crippen LogP contribution is 2.41. The molecule has 1 aliphatic carbocycles. The molecule has 2 rings (SSSR count). The van der Waals surface area contributed by atoms with Crippen molar-refractivity contribution in [2.75, 3.05) is 0 Å². The van der Waals surface area contributed by atoms with E-state index in [0.717, 1.165) is 19.3 Å². The van der Waals surface area contributed by atoms with Gasteiger partial charge in [0.05, 0.1) is 5.41 Å². The first-order valence-electron chi connectivity index (χ1n) is 8.55. The minimum atomic E-state index is -0.351. The van der Waals surface area contributed by atoms with Crippen molar-refractivity contribution in [3.05, 3.63) is 53.1 Å². The van der Waals surface area contributed by atoms with Gasteiger partial charge in [0.15, 0.2) is 5.78 Å². The van der Waals surface area contributed by atoms with Crippen molar-refractivity contribution in [2.24, 2.45) is 0 Å². The summed E-state index contributed by atoms with van der Waals surface area (Å²) in [5.41, 5.74) is 3.36. The van der Waals surface area contributed by atoms with Crippen molar-refractivity contribution in [2.45, 2.75) is 64.7 Å². The molecule has 0 fully saturated rings. The highest BCUT2D eigenvalue weighted by Gasteiger charge is 2.40. The molecule has 1 unspecified atom stereocenters. The third-order valence-electron chi connectivity index (χ3n) is 4.68. The lowest BCUT2D eigenvalue weighted by Gasteiger charge is -2.35. The highest BCUT2D eigenvalue weighted by molar-refractivity contribution is 6.05. The zero-order valence-corrected chi connectivity index (χ0v) is 14.2. The summed E-state index contributed by atoms with van der Waals surface area (Å²) in [5, 5.41) is 0. The van der Waals surface area contributed by atoms with Crippen LogP contribution >= 0.6 is 0 Å². The first-order valence-corrected chi connectivity index (χ1v) is 8.55. The predicted octanol–water partition coefficient (Wildman–Crippen LogP) is 5.85. The van der Waals surface area contributed by atoms with Crippen molar-refractivity contribution in [1.82, 2.24) is 0 Å². The van der Waals surface area contributed by atoms with Gasteiger partial charge in [0.25, 0.3) is 0 Å². The molecule has 1 aliphatic rings. The van der Waals surface area contributed by atoms with Crippen LogP contribution in [0.1, 0.15) is 70.4 Å². The monoisotopic (exact) mass is 296 g/mol. The van der Waals surface area contributed by atoms with E-state index in [1.807, 2.05) is 6.08 Å². The lowest BCUT2D eigenvalue weighted by atomic mass is 9.66. The number of hydrogen-bond acceptors (Lipinski definition) is 1. The molecule has 1 atom stereocenters. The van der Waals surface area contributed by atoms with E-state index >= 15 is 0 Å². The fourth-order valence-electron chi connectivity index (χ4n) is 3.34. The SMILES string of the molecule is CCCCCCC1(CC=C(C)C)C(=O)C=Cc2ccccc21. The second-order valence-electron chi connectivity index (χ2n) is 6.66. The zero-order chi connectivity index (χ0) is 16.0. The summed E-state index contributed by atoms with van der Waals surface area (Å²) in [5.74, 6) is 0.278. The number of carbonyl (C=O) groups excluding carboxylic acids is 1. The highest BCUT2D eigenvalue weighted by atomic mass is 16.1. The molecular weight excluding hydrogens is 268 g/mol. The number of allylic oxidation sites excluding steroid dienone is 3. The Morgan fingerprint density at radius 3 is 2.59 bits per heavy atom. The van der Waals surface area contributed by atoms with Crippen LogP contribution in [-0.2, 0) is 10.2 Å². The van der Waals surface area contributed by atoms with E-state index in [1.54, 1.807) is 6.08 Å². The zero-order valence-electron chi connectivity index (χ0n) is 14.2. The molecule has 0 saturated heterocycles. The summed E-state index contributed by atoms with van der Waals surface area (Å²) in [6, 6.07) is 8.40. The second kappa shape index (κ2) is 7.58. The van der Waals surface area contributed by atoms with E-state index in [1.165, 1.54) is 36.0 Å². The van der Waals surface area contributed by atoms with Gasteiger partial charge < -0.3 is 0 Å². The Morgan fingerprint density at radius 2 is 1.86 bits per heavy atom. The lowest BCUT2D eigenvalue weighted by molar-refractivity contribution is -0.120. The van der Waals surface area contributed by atoms with Gasteiger partial charge in [-0.2, -0.15) is 0 Å². The smallest absolute Gasteiger partial charge is 0.166 e. The Bertz CT molecular complexity index is 575. The first-order chi connectivity index (χ1) is 10.6. The quantitative estimate of drug-likeness (QED) is 0.456. The van der Waals surface area contributed by atoms with Crippen LogP contribution in [0.15, 0.2) is 42.0 Å². The van der Waals surface area contributed by atoms with E-state index in [-0.39, 0.29) is 11.2 Å². The minimum absolute atomic E-state index is 0.278. The van der Waals surface area contributed by atoms with E-state index in [9.17, 15) is 4.79 Å². The molecule has 0 saturated carbocycles. The topological polar surface area (TPSA) is 17.1 Å². The van der Waals surface area contributed by atoms with Gasteiger partial charge in [-0.05, 0) is 43.9 Å². The molecule has 0 spiro atoms. The fraction of sp³-hybridized carbons (Fsp3) is 0.476. The molecule has 0 aliphatic heterocycles. The minimum Gasteiger partial charge on any atom is -0.294 e. The van der Waals surface area contributed by atoms with Crippen LogP contribution < -0.4 is 0 Å². The number of carbonyl (C=O) groups is 1. The largest absolute Gasteiger partial charge is 0.294 e. The Hall–Kier alpha value is -1.63. The van der Waals surface area contributed by atoms with Gasteiger partial charge in [-0.3, -0.25) is 4.79 Å². The summed E-state index contributed by atoms with van der Waals surface area (Å²) in [6.07, 6.45) is 12.6. The third kappa shape index (κ3) is 3.58. The molecule has 1 aromatic carbocycles. The average Bonchev–Trinajstić information content (AvgIpc) is 2.52. The van der Waals surface area contributed by atoms with Crippen molar-refractivity contribution in [3.8, 4) is 0 Å². The summed E-state index contributed by atoms with van der Waals surface area (Å²) >= 11 is 0. The molecule has 0 heterocycles. The molecule has 22 heavy (non-hydrogen) atoms. The first kappa shape index (κ1) is 16.7. The number of rotatable bonds is 7. The standard InChI is InChI=1S/C21H28O/c1-4-5-6-9-15-21(16-14-17(2)3)19-11-8-7-10-18(19)12-13-20(21)22/h7-8,10-14H,4-6,9,15-16H2,1-3H3. The lowest BCUT2D eigenvalue weighted by Crippen LogP contribution is -2.37. The van der Waals surface area contributed by atoms with Gasteiger partial charge in [0, 0.05) is 0 Å². The molecular formula is C21H28O. The van der Waals surface area contributed by atoms with Crippen LogP contribution in [0, 0.1) is 0 Å². The van der Waals surface area contributed by atoms with Crippen molar-refractivity contribution < 1.29 is 4.79 Å². The maximum atomic E-state index is 12.8. The summed E-state index contributed by atoms with van der Waals surface area (Å²) in [7, 11) is 0. The number of fused-ring (bicyclic) bond motifs is 1. The second-order valence-corrected chi connectivity index (χ2v) is 6.66. The van der Waals surface area contributed by atoms with Gasteiger partial charge in [0.1, 0.15) is 0 Å². The average molecular weight is 296 g/mol. The van der Waals surface area contributed by atoms with E-state index in [2.05, 4.69) is 51.1 Å². The molecule has 0 amide bonds. The molecule has 1 heteroatoms. The van der Waals surface area contributed by atoms with Crippen LogP contribution in [0.4, 0.5) is 0 Å². The summed E-state index contributed by atoms with van der Waals surface area (Å²) < 4.78 is 0. The van der Waals surface area contributed by atoms with Gasteiger partial charge in [-0.15, -0.1) is 0 Å². The van der Waals surface area contributed by atoms with Crippen LogP contribution in [0.2, 0.25) is 0 Å². The maximum Gasteiger partial charge on any atom is 0.166 e. The van der Waals surface area contributed by atoms with Gasteiger partial charge >= 0.3 is 0 Å². The molecule has 0 aromatic heterocycles. The maximum absolute atomic E-state index is 12.8. The number of ketones is 1. The van der Waals surface area contributed by atoms with Crippen LogP contribution in [0.25, 0.3) is 6.08 Å². The molecule has 1 aromatic rings. The number of hydrogen-bond donors (Lipinski definition) is 0. The molecule has 0 bridgehead atoms. The Kier molecular flexibility index (Phi) is 5.76. The molecule has 0 radical (unpaired) electrons.